The summed E-state index contributed by atoms with van der Waals surface area (Å²) in [4.78, 5) is 14.6. The quantitative estimate of drug-likeness (QED) is 0.899. The number of aryl methyl sites for hydroxylation is 3. The SMILES string of the molecule is Cc1ccc(-c2cnc(CCC(=O)O)o2)c(C)c1. The average Bonchev–Trinajstić information content (AvgIpc) is 2.75. The van der Waals surface area contributed by atoms with E-state index >= 15 is 0 Å². The largest absolute Gasteiger partial charge is 0.481 e. The maximum absolute atomic E-state index is 10.5. The topological polar surface area (TPSA) is 63.3 Å². The molecule has 0 aliphatic heterocycles. The molecule has 0 saturated heterocycles. The van der Waals surface area contributed by atoms with Crippen LogP contribution in [0.25, 0.3) is 11.3 Å². The number of hydrogen-bond donors (Lipinski definition) is 1. The Morgan fingerprint density at radius 3 is 2.83 bits per heavy atom. The summed E-state index contributed by atoms with van der Waals surface area (Å²) in [6.45, 7) is 4.05. The molecule has 4 heteroatoms. The summed E-state index contributed by atoms with van der Waals surface area (Å²) in [6, 6.07) is 6.09. The highest BCUT2D eigenvalue weighted by molar-refractivity contribution is 5.67. The van der Waals surface area contributed by atoms with Crippen molar-refractivity contribution in [1.82, 2.24) is 4.98 Å². The zero-order valence-corrected chi connectivity index (χ0v) is 10.4. The highest BCUT2D eigenvalue weighted by atomic mass is 16.4. The molecule has 0 aliphatic rings. The van der Waals surface area contributed by atoms with E-state index in [9.17, 15) is 4.79 Å². The van der Waals surface area contributed by atoms with Crippen LogP contribution in [0, 0.1) is 13.8 Å². The lowest BCUT2D eigenvalue weighted by molar-refractivity contribution is -0.137. The third-order valence-corrected chi connectivity index (χ3v) is 2.75. The van der Waals surface area contributed by atoms with Crippen molar-refractivity contribution in [3.8, 4) is 11.3 Å². The molecule has 18 heavy (non-hydrogen) atoms. The van der Waals surface area contributed by atoms with Crippen LogP contribution in [-0.4, -0.2) is 16.1 Å². The van der Waals surface area contributed by atoms with Gasteiger partial charge in [-0.05, 0) is 19.4 Å². The molecule has 94 valence electrons. The number of aromatic nitrogens is 1. The minimum Gasteiger partial charge on any atom is -0.481 e. The number of rotatable bonds is 4. The fourth-order valence-electron chi connectivity index (χ4n) is 1.85. The first-order chi connectivity index (χ1) is 8.56. The minimum atomic E-state index is -0.846. The fourth-order valence-corrected chi connectivity index (χ4v) is 1.85. The van der Waals surface area contributed by atoms with Crippen molar-refractivity contribution < 1.29 is 14.3 Å². The molecule has 0 spiro atoms. The Morgan fingerprint density at radius 1 is 1.39 bits per heavy atom. The van der Waals surface area contributed by atoms with Crippen molar-refractivity contribution in [2.75, 3.05) is 0 Å². The number of benzene rings is 1. The second kappa shape index (κ2) is 5.04. The maximum atomic E-state index is 10.5. The molecule has 1 N–H and O–H groups in total. The first kappa shape index (κ1) is 12.4. The zero-order valence-electron chi connectivity index (χ0n) is 10.4. The molecule has 2 aromatic rings. The molecular weight excluding hydrogens is 230 g/mol. The summed E-state index contributed by atoms with van der Waals surface area (Å²) in [5.41, 5.74) is 3.31. The van der Waals surface area contributed by atoms with Gasteiger partial charge in [-0.3, -0.25) is 4.79 Å². The fraction of sp³-hybridized carbons (Fsp3) is 0.286. The Balaban J connectivity index is 2.21. The van der Waals surface area contributed by atoms with Gasteiger partial charge in [-0.1, -0.05) is 23.8 Å². The molecule has 1 aromatic carbocycles. The first-order valence-electron chi connectivity index (χ1n) is 5.80. The highest BCUT2D eigenvalue weighted by Crippen LogP contribution is 2.25. The number of hydrogen-bond acceptors (Lipinski definition) is 3. The van der Waals surface area contributed by atoms with Crippen LogP contribution in [-0.2, 0) is 11.2 Å². The number of aliphatic carboxylic acids is 1. The molecule has 1 aromatic heterocycles. The number of oxazole rings is 1. The van der Waals surface area contributed by atoms with Gasteiger partial charge >= 0.3 is 5.97 Å². The summed E-state index contributed by atoms with van der Waals surface area (Å²) in [5.74, 6) is 0.307. The van der Waals surface area contributed by atoms with Crippen LogP contribution in [0.15, 0.2) is 28.8 Å². The molecule has 1 heterocycles. The summed E-state index contributed by atoms with van der Waals surface area (Å²) in [7, 11) is 0. The minimum absolute atomic E-state index is 0.0346. The van der Waals surface area contributed by atoms with E-state index in [4.69, 9.17) is 9.52 Å². The summed E-state index contributed by atoms with van der Waals surface area (Å²) in [6.07, 6.45) is 2.00. The van der Waals surface area contributed by atoms with Crippen LogP contribution in [0.1, 0.15) is 23.4 Å². The number of carbonyl (C=O) groups is 1. The van der Waals surface area contributed by atoms with E-state index < -0.39 is 5.97 Å². The van der Waals surface area contributed by atoms with Gasteiger partial charge in [0.05, 0.1) is 12.6 Å². The van der Waals surface area contributed by atoms with E-state index in [1.165, 1.54) is 5.56 Å². The van der Waals surface area contributed by atoms with Crippen LogP contribution >= 0.6 is 0 Å². The van der Waals surface area contributed by atoms with E-state index in [2.05, 4.69) is 11.1 Å². The average molecular weight is 245 g/mol. The molecule has 2 rings (SSSR count). The van der Waals surface area contributed by atoms with E-state index in [-0.39, 0.29) is 6.42 Å². The van der Waals surface area contributed by atoms with Gasteiger partial charge in [0.1, 0.15) is 0 Å². The van der Waals surface area contributed by atoms with Crippen LogP contribution in [0.3, 0.4) is 0 Å². The maximum Gasteiger partial charge on any atom is 0.303 e. The number of nitrogens with zero attached hydrogens (tertiary/aromatic N) is 1. The third kappa shape index (κ3) is 2.77. The first-order valence-corrected chi connectivity index (χ1v) is 5.80. The predicted molar refractivity (Wildman–Crippen MR) is 67.4 cm³/mol. The Bertz CT molecular complexity index is 572. The Kier molecular flexibility index (Phi) is 3.46. The lowest BCUT2D eigenvalue weighted by Crippen LogP contribution is -1.97. The molecule has 0 bridgehead atoms. The summed E-state index contributed by atoms with van der Waals surface area (Å²) < 4.78 is 5.57. The van der Waals surface area contributed by atoms with Crippen LogP contribution in [0.5, 0.6) is 0 Å². The van der Waals surface area contributed by atoms with Gasteiger partial charge in [0.2, 0.25) is 0 Å². The van der Waals surface area contributed by atoms with Crippen molar-refractivity contribution >= 4 is 5.97 Å². The van der Waals surface area contributed by atoms with Crippen LogP contribution < -0.4 is 0 Å². The molecule has 0 saturated carbocycles. The second-order valence-corrected chi connectivity index (χ2v) is 4.33. The highest BCUT2D eigenvalue weighted by Gasteiger charge is 2.10. The van der Waals surface area contributed by atoms with E-state index in [0.717, 1.165) is 11.1 Å². The van der Waals surface area contributed by atoms with Crippen molar-refractivity contribution in [1.29, 1.82) is 0 Å². The van der Waals surface area contributed by atoms with Gasteiger partial charge in [0.15, 0.2) is 11.7 Å². The predicted octanol–water partition coefficient (Wildman–Crippen LogP) is 2.98. The molecule has 0 fully saturated rings. The van der Waals surface area contributed by atoms with Crippen molar-refractivity contribution in [3.63, 3.8) is 0 Å². The van der Waals surface area contributed by atoms with Gasteiger partial charge in [-0.2, -0.15) is 0 Å². The van der Waals surface area contributed by atoms with Crippen molar-refractivity contribution in [2.45, 2.75) is 26.7 Å². The van der Waals surface area contributed by atoms with Crippen LogP contribution in [0.4, 0.5) is 0 Å². The number of carboxylic acids is 1. The molecule has 0 radical (unpaired) electrons. The van der Waals surface area contributed by atoms with Crippen molar-refractivity contribution in [2.24, 2.45) is 0 Å². The Morgan fingerprint density at radius 2 is 2.17 bits per heavy atom. The Hall–Kier alpha value is -2.10. The lowest BCUT2D eigenvalue weighted by atomic mass is 10.0. The molecule has 0 unspecified atom stereocenters. The third-order valence-electron chi connectivity index (χ3n) is 2.75. The summed E-state index contributed by atoms with van der Waals surface area (Å²) >= 11 is 0. The van der Waals surface area contributed by atoms with Gasteiger partial charge in [-0.25, -0.2) is 4.98 Å². The van der Waals surface area contributed by atoms with Crippen molar-refractivity contribution in [3.05, 3.63) is 41.4 Å². The number of carboxylic acid groups (broad SMARTS) is 1. The Labute approximate surface area is 105 Å². The van der Waals surface area contributed by atoms with E-state index in [1.54, 1.807) is 6.20 Å². The van der Waals surface area contributed by atoms with E-state index in [0.29, 0.717) is 18.1 Å². The van der Waals surface area contributed by atoms with Crippen LogP contribution in [0.2, 0.25) is 0 Å². The van der Waals surface area contributed by atoms with E-state index in [1.807, 2.05) is 26.0 Å². The molecule has 0 aliphatic carbocycles. The van der Waals surface area contributed by atoms with Gasteiger partial charge in [0.25, 0.3) is 0 Å². The zero-order chi connectivity index (χ0) is 13.1. The normalized spacial score (nSPS) is 10.6. The van der Waals surface area contributed by atoms with Gasteiger partial charge in [0, 0.05) is 12.0 Å². The molecule has 0 amide bonds. The van der Waals surface area contributed by atoms with Gasteiger partial charge < -0.3 is 9.52 Å². The van der Waals surface area contributed by atoms with Gasteiger partial charge in [-0.15, -0.1) is 0 Å². The standard InChI is InChI=1S/C14H15NO3/c1-9-3-4-11(10(2)7-9)12-8-15-13(18-12)5-6-14(16)17/h3-4,7-8H,5-6H2,1-2H3,(H,16,17). The second-order valence-electron chi connectivity index (χ2n) is 4.33. The lowest BCUT2D eigenvalue weighted by Gasteiger charge is -2.02. The monoisotopic (exact) mass is 245 g/mol. The molecule has 0 atom stereocenters. The molecule has 4 nitrogen and oxygen atoms in total. The molecular formula is C14H15NO3. The summed E-state index contributed by atoms with van der Waals surface area (Å²) in [5, 5.41) is 8.60. The smallest absolute Gasteiger partial charge is 0.303 e.